The topological polar surface area (TPSA) is 90.0 Å². The number of hydrogen-bond acceptors (Lipinski definition) is 4. The molecule has 1 unspecified atom stereocenters. The molecule has 8 nitrogen and oxygen atoms in total. The molecular formula is C30H36ClFN4O4S. The average molecular weight is 603 g/mol. The van der Waals surface area contributed by atoms with Gasteiger partial charge in [0.25, 0.3) is 0 Å². The first-order valence-electron chi connectivity index (χ1n) is 13.2. The summed E-state index contributed by atoms with van der Waals surface area (Å²) in [5.74, 6) is -1.74. The van der Waals surface area contributed by atoms with Crippen molar-refractivity contribution in [2.24, 2.45) is 5.92 Å². The Kier molecular flexibility index (Phi) is 11.3. The lowest BCUT2D eigenvalue weighted by Crippen LogP contribution is -2.54. The molecule has 3 rings (SSSR count). The monoisotopic (exact) mass is 602 g/mol. The maximum atomic E-state index is 14.9. The van der Waals surface area contributed by atoms with E-state index in [9.17, 15) is 22.4 Å². The molecule has 0 aromatic heterocycles. The van der Waals surface area contributed by atoms with E-state index in [1.165, 1.54) is 37.2 Å². The van der Waals surface area contributed by atoms with Gasteiger partial charge >= 0.3 is 10.2 Å². The van der Waals surface area contributed by atoms with Crippen LogP contribution in [0.2, 0.25) is 5.02 Å². The molecule has 0 fully saturated rings. The van der Waals surface area contributed by atoms with E-state index >= 15 is 0 Å². The molecule has 0 spiro atoms. The summed E-state index contributed by atoms with van der Waals surface area (Å²) >= 11 is 6.46. The quantitative estimate of drug-likeness (QED) is 0.312. The van der Waals surface area contributed by atoms with Gasteiger partial charge in [0.15, 0.2) is 0 Å². The Bertz CT molecular complexity index is 1440. The molecule has 0 aliphatic rings. The minimum atomic E-state index is -4.30. The zero-order valence-electron chi connectivity index (χ0n) is 23.6. The molecule has 1 atom stereocenters. The highest BCUT2D eigenvalue weighted by Crippen LogP contribution is 2.25. The third-order valence-electron chi connectivity index (χ3n) is 6.39. The summed E-state index contributed by atoms with van der Waals surface area (Å²) in [5, 5.41) is 3.30. The molecule has 0 aliphatic heterocycles. The van der Waals surface area contributed by atoms with Gasteiger partial charge in [-0.25, -0.2) is 8.70 Å². The fourth-order valence-electron chi connectivity index (χ4n) is 4.14. The number of nitrogens with one attached hydrogen (secondary N) is 1. The Labute approximate surface area is 246 Å². The molecule has 0 saturated carbocycles. The molecule has 11 heteroatoms. The molecule has 0 aliphatic carbocycles. The van der Waals surface area contributed by atoms with Gasteiger partial charge in [-0.1, -0.05) is 86.1 Å². The average Bonchev–Trinajstić information content (AvgIpc) is 2.94. The minimum absolute atomic E-state index is 0.0712. The first kappa shape index (κ1) is 32.0. The van der Waals surface area contributed by atoms with E-state index in [1.54, 1.807) is 24.3 Å². The van der Waals surface area contributed by atoms with Gasteiger partial charge in [-0.15, -0.1) is 0 Å². The predicted octanol–water partition coefficient (Wildman–Crippen LogP) is 4.50. The molecule has 2 amide bonds. The van der Waals surface area contributed by atoms with E-state index in [0.29, 0.717) is 17.1 Å². The number of benzene rings is 3. The molecule has 0 bridgehead atoms. The SMILES string of the molecule is CC(C)CNC(=O)C(Cc1ccccc1)N(Cc1ccccc1Cl)C(=O)CN(c1ccccc1F)S(=O)(=O)N(C)C. The fourth-order valence-corrected chi connectivity index (χ4v) is 5.40. The van der Waals surface area contributed by atoms with Gasteiger partial charge in [-0.2, -0.15) is 12.7 Å². The number of anilines is 1. The Morgan fingerprint density at radius 1 is 0.927 bits per heavy atom. The molecule has 41 heavy (non-hydrogen) atoms. The van der Waals surface area contributed by atoms with E-state index < -0.39 is 40.4 Å². The maximum absolute atomic E-state index is 14.9. The Morgan fingerprint density at radius 2 is 1.54 bits per heavy atom. The molecule has 0 radical (unpaired) electrons. The highest BCUT2D eigenvalue weighted by molar-refractivity contribution is 7.90. The standard InChI is InChI=1S/C30H36ClFN4O4S/c1-22(2)19-33-30(38)28(18-23-12-6-5-7-13-23)35(20-24-14-8-9-15-25(24)31)29(37)21-36(41(39,40)34(3)4)27-17-11-10-16-26(27)32/h5-17,22,28H,18-21H2,1-4H3,(H,33,38). The van der Waals surface area contributed by atoms with Crippen LogP contribution in [0.3, 0.4) is 0 Å². The van der Waals surface area contributed by atoms with Crippen LogP contribution in [0.1, 0.15) is 25.0 Å². The second kappa shape index (κ2) is 14.4. The van der Waals surface area contributed by atoms with Crippen LogP contribution in [-0.2, 0) is 32.8 Å². The van der Waals surface area contributed by atoms with Crippen molar-refractivity contribution in [1.29, 1.82) is 0 Å². The summed E-state index contributed by atoms with van der Waals surface area (Å²) in [6, 6.07) is 20.5. The van der Waals surface area contributed by atoms with Gasteiger partial charge in [0.2, 0.25) is 11.8 Å². The lowest BCUT2D eigenvalue weighted by Gasteiger charge is -2.34. The van der Waals surface area contributed by atoms with Crippen molar-refractivity contribution in [3.05, 3.63) is 101 Å². The van der Waals surface area contributed by atoms with Crippen LogP contribution in [0.5, 0.6) is 0 Å². The van der Waals surface area contributed by atoms with E-state index in [1.807, 2.05) is 44.2 Å². The summed E-state index contributed by atoms with van der Waals surface area (Å²) in [6.45, 7) is 3.48. The Morgan fingerprint density at radius 3 is 2.15 bits per heavy atom. The van der Waals surface area contributed by atoms with Crippen LogP contribution < -0.4 is 9.62 Å². The lowest BCUT2D eigenvalue weighted by molar-refractivity contribution is -0.140. The minimum Gasteiger partial charge on any atom is -0.354 e. The summed E-state index contributed by atoms with van der Waals surface area (Å²) in [7, 11) is -1.70. The van der Waals surface area contributed by atoms with Crippen LogP contribution in [0, 0.1) is 11.7 Å². The number of rotatable bonds is 13. The van der Waals surface area contributed by atoms with E-state index in [-0.39, 0.29) is 24.6 Å². The van der Waals surface area contributed by atoms with Crippen molar-refractivity contribution in [3.63, 3.8) is 0 Å². The van der Waals surface area contributed by atoms with Crippen molar-refractivity contribution in [2.75, 3.05) is 31.5 Å². The summed E-state index contributed by atoms with van der Waals surface area (Å²) in [6.07, 6.45) is 0.168. The second-order valence-electron chi connectivity index (χ2n) is 10.2. The van der Waals surface area contributed by atoms with Gasteiger partial charge in [0.05, 0.1) is 5.69 Å². The molecule has 3 aromatic carbocycles. The lowest BCUT2D eigenvalue weighted by atomic mass is 10.0. The first-order chi connectivity index (χ1) is 19.4. The van der Waals surface area contributed by atoms with E-state index in [0.717, 1.165) is 20.2 Å². The van der Waals surface area contributed by atoms with Crippen LogP contribution in [0.25, 0.3) is 0 Å². The fraction of sp³-hybridized carbons (Fsp3) is 0.333. The van der Waals surface area contributed by atoms with Gasteiger partial charge < -0.3 is 10.2 Å². The van der Waals surface area contributed by atoms with Crippen molar-refractivity contribution in [3.8, 4) is 0 Å². The number of hydrogen-bond donors (Lipinski definition) is 1. The van der Waals surface area contributed by atoms with Crippen molar-refractivity contribution < 1.29 is 22.4 Å². The maximum Gasteiger partial charge on any atom is 0.304 e. The van der Waals surface area contributed by atoms with Gasteiger partial charge in [-0.3, -0.25) is 9.59 Å². The normalized spacial score (nSPS) is 12.3. The number of amides is 2. The Hall–Kier alpha value is -3.47. The summed E-state index contributed by atoms with van der Waals surface area (Å²) < 4.78 is 43.2. The number of carbonyl (C=O) groups excluding carboxylic acids is 2. The largest absolute Gasteiger partial charge is 0.354 e. The first-order valence-corrected chi connectivity index (χ1v) is 15.0. The second-order valence-corrected chi connectivity index (χ2v) is 12.7. The molecule has 3 aromatic rings. The van der Waals surface area contributed by atoms with Crippen LogP contribution in [0.4, 0.5) is 10.1 Å². The van der Waals surface area contributed by atoms with Gasteiger partial charge in [0, 0.05) is 38.6 Å². The van der Waals surface area contributed by atoms with Crippen molar-refractivity contribution >= 4 is 39.3 Å². The summed E-state index contributed by atoms with van der Waals surface area (Å²) in [5.41, 5.74) is 1.10. The molecule has 220 valence electrons. The zero-order chi connectivity index (χ0) is 30.2. The predicted molar refractivity (Wildman–Crippen MR) is 160 cm³/mol. The smallest absolute Gasteiger partial charge is 0.304 e. The zero-order valence-corrected chi connectivity index (χ0v) is 25.2. The van der Waals surface area contributed by atoms with Gasteiger partial charge in [-0.05, 0) is 35.2 Å². The van der Waals surface area contributed by atoms with Crippen LogP contribution in [-0.4, -0.2) is 62.7 Å². The third kappa shape index (κ3) is 8.51. The highest BCUT2D eigenvalue weighted by atomic mass is 35.5. The van der Waals surface area contributed by atoms with Crippen LogP contribution >= 0.6 is 11.6 Å². The highest BCUT2D eigenvalue weighted by Gasteiger charge is 2.35. The number of nitrogens with zero attached hydrogens (tertiary/aromatic N) is 3. The van der Waals surface area contributed by atoms with Crippen molar-refractivity contribution in [2.45, 2.75) is 32.9 Å². The van der Waals surface area contributed by atoms with E-state index in [4.69, 9.17) is 11.6 Å². The number of halogens is 2. The summed E-state index contributed by atoms with van der Waals surface area (Å²) in [4.78, 5) is 29.1. The number of para-hydroxylation sites is 1. The van der Waals surface area contributed by atoms with Gasteiger partial charge in [0.1, 0.15) is 18.4 Å². The molecular weight excluding hydrogens is 567 g/mol. The number of carbonyl (C=O) groups is 2. The molecule has 0 heterocycles. The third-order valence-corrected chi connectivity index (χ3v) is 8.57. The van der Waals surface area contributed by atoms with Crippen molar-refractivity contribution in [1.82, 2.24) is 14.5 Å². The van der Waals surface area contributed by atoms with Crippen LogP contribution in [0.15, 0.2) is 78.9 Å². The van der Waals surface area contributed by atoms with E-state index in [2.05, 4.69) is 5.32 Å². The molecule has 0 saturated heterocycles. The molecule has 1 N–H and O–H groups in total. The Balaban J connectivity index is 2.11.